The molecule has 0 fully saturated rings. The molecule has 0 saturated heterocycles. The van der Waals surface area contributed by atoms with Gasteiger partial charge in [-0.3, -0.25) is 0 Å². The second-order valence-electron chi connectivity index (χ2n) is 4.32. The zero-order valence-electron chi connectivity index (χ0n) is 10.4. The van der Waals surface area contributed by atoms with Crippen molar-refractivity contribution in [3.63, 3.8) is 0 Å². The third-order valence-electron chi connectivity index (χ3n) is 2.84. The molecule has 0 aliphatic heterocycles. The summed E-state index contributed by atoms with van der Waals surface area (Å²) in [4.78, 5) is 9.37. The molecular formula is C14H12ClN3S. The number of aryl methyl sites for hydroxylation is 1. The van der Waals surface area contributed by atoms with Gasteiger partial charge < -0.3 is 5.32 Å². The highest BCUT2D eigenvalue weighted by molar-refractivity contribution is 7.16. The van der Waals surface area contributed by atoms with Crippen LogP contribution in [0.1, 0.15) is 11.1 Å². The smallest absolute Gasteiger partial charge is 0.225 e. The van der Waals surface area contributed by atoms with E-state index in [0.717, 1.165) is 22.6 Å². The number of nitrogens with one attached hydrogen (secondary N) is 1. The molecule has 0 bridgehead atoms. The minimum Gasteiger partial charge on any atom is -0.365 e. The molecule has 3 aromatic rings. The first-order valence-electron chi connectivity index (χ1n) is 5.92. The van der Waals surface area contributed by atoms with E-state index in [2.05, 4.69) is 46.5 Å². The number of rotatable bonds is 3. The van der Waals surface area contributed by atoms with Gasteiger partial charge in [0.25, 0.3) is 0 Å². The van der Waals surface area contributed by atoms with E-state index < -0.39 is 0 Å². The van der Waals surface area contributed by atoms with Crippen LogP contribution in [0.3, 0.4) is 0 Å². The van der Waals surface area contributed by atoms with Crippen LogP contribution in [-0.4, -0.2) is 9.97 Å². The standard InChI is InChI=1S/C14H12ClN3S/c1-9-3-2-4-10(7-9)8-16-12-11-5-6-19-13(11)18-14(15)17-12/h2-7H,8H2,1H3,(H,16,17,18). The number of aromatic nitrogens is 2. The molecule has 0 saturated carbocycles. The highest BCUT2D eigenvalue weighted by Gasteiger charge is 2.07. The Kier molecular flexibility index (Phi) is 3.36. The first-order chi connectivity index (χ1) is 9.22. The monoisotopic (exact) mass is 289 g/mol. The highest BCUT2D eigenvalue weighted by atomic mass is 35.5. The normalized spacial score (nSPS) is 10.8. The minimum atomic E-state index is 0.279. The van der Waals surface area contributed by atoms with Crippen molar-refractivity contribution in [2.45, 2.75) is 13.5 Å². The maximum Gasteiger partial charge on any atom is 0.225 e. The van der Waals surface area contributed by atoms with E-state index in [1.165, 1.54) is 11.1 Å². The third-order valence-corrected chi connectivity index (χ3v) is 3.82. The number of benzene rings is 1. The Labute approximate surface area is 120 Å². The number of fused-ring (bicyclic) bond motifs is 1. The Bertz CT molecular complexity index is 724. The lowest BCUT2D eigenvalue weighted by Gasteiger charge is -2.07. The van der Waals surface area contributed by atoms with Gasteiger partial charge in [0.15, 0.2) is 0 Å². The third kappa shape index (κ3) is 2.69. The van der Waals surface area contributed by atoms with Gasteiger partial charge in [0.05, 0.1) is 5.39 Å². The van der Waals surface area contributed by atoms with Crippen molar-refractivity contribution in [2.24, 2.45) is 0 Å². The molecule has 5 heteroatoms. The van der Waals surface area contributed by atoms with Crippen LogP contribution in [0, 0.1) is 6.92 Å². The molecule has 3 rings (SSSR count). The van der Waals surface area contributed by atoms with Crippen molar-refractivity contribution in [2.75, 3.05) is 5.32 Å². The van der Waals surface area contributed by atoms with Crippen LogP contribution in [-0.2, 0) is 6.54 Å². The SMILES string of the molecule is Cc1cccc(CNc2nc(Cl)nc3sccc23)c1. The van der Waals surface area contributed by atoms with Gasteiger partial charge in [-0.2, -0.15) is 0 Å². The lowest BCUT2D eigenvalue weighted by atomic mass is 10.1. The fourth-order valence-electron chi connectivity index (χ4n) is 1.97. The van der Waals surface area contributed by atoms with Crippen LogP contribution in [0.5, 0.6) is 0 Å². The van der Waals surface area contributed by atoms with Crippen molar-refractivity contribution < 1.29 is 0 Å². The first kappa shape index (κ1) is 12.4. The lowest BCUT2D eigenvalue weighted by molar-refractivity contribution is 1.10. The molecule has 0 radical (unpaired) electrons. The van der Waals surface area contributed by atoms with Crippen LogP contribution in [0.25, 0.3) is 10.2 Å². The molecule has 1 N–H and O–H groups in total. The Hall–Kier alpha value is -1.65. The van der Waals surface area contributed by atoms with Gasteiger partial charge in [-0.25, -0.2) is 9.97 Å². The second kappa shape index (κ2) is 5.15. The average molecular weight is 290 g/mol. The van der Waals surface area contributed by atoms with Gasteiger partial charge in [-0.05, 0) is 35.5 Å². The first-order valence-corrected chi connectivity index (χ1v) is 7.18. The van der Waals surface area contributed by atoms with Crippen LogP contribution in [0.4, 0.5) is 5.82 Å². The van der Waals surface area contributed by atoms with E-state index in [4.69, 9.17) is 11.6 Å². The number of hydrogen-bond acceptors (Lipinski definition) is 4. The van der Waals surface area contributed by atoms with Crippen molar-refractivity contribution in [3.8, 4) is 0 Å². The van der Waals surface area contributed by atoms with E-state index in [0.29, 0.717) is 0 Å². The molecule has 0 atom stereocenters. The number of halogens is 1. The quantitative estimate of drug-likeness (QED) is 0.732. The van der Waals surface area contributed by atoms with Crippen LogP contribution in [0.2, 0.25) is 5.28 Å². The summed E-state index contributed by atoms with van der Waals surface area (Å²) in [6.07, 6.45) is 0. The summed E-state index contributed by atoms with van der Waals surface area (Å²) in [5.74, 6) is 0.790. The van der Waals surface area contributed by atoms with E-state index in [9.17, 15) is 0 Å². The number of hydrogen-bond donors (Lipinski definition) is 1. The molecular weight excluding hydrogens is 278 g/mol. The van der Waals surface area contributed by atoms with Crippen molar-refractivity contribution in [1.82, 2.24) is 9.97 Å². The second-order valence-corrected chi connectivity index (χ2v) is 5.56. The van der Waals surface area contributed by atoms with Crippen LogP contribution in [0.15, 0.2) is 35.7 Å². The summed E-state index contributed by atoms with van der Waals surface area (Å²) in [5.41, 5.74) is 2.47. The maximum atomic E-state index is 5.93. The van der Waals surface area contributed by atoms with Gasteiger partial charge >= 0.3 is 0 Å². The topological polar surface area (TPSA) is 37.8 Å². The van der Waals surface area contributed by atoms with Crippen molar-refractivity contribution >= 4 is 39.0 Å². The van der Waals surface area contributed by atoms with E-state index >= 15 is 0 Å². The number of anilines is 1. The Morgan fingerprint density at radius 3 is 3.00 bits per heavy atom. The van der Waals surface area contributed by atoms with Gasteiger partial charge in [0.1, 0.15) is 10.6 Å². The molecule has 0 aliphatic rings. The predicted molar refractivity (Wildman–Crippen MR) is 80.9 cm³/mol. The van der Waals surface area contributed by atoms with Gasteiger partial charge in [0.2, 0.25) is 5.28 Å². The average Bonchev–Trinajstić information content (AvgIpc) is 2.84. The largest absolute Gasteiger partial charge is 0.365 e. The van der Waals surface area contributed by atoms with Gasteiger partial charge in [-0.15, -0.1) is 11.3 Å². The van der Waals surface area contributed by atoms with E-state index in [1.54, 1.807) is 11.3 Å². The molecule has 3 nitrogen and oxygen atoms in total. The molecule has 0 spiro atoms. The minimum absolute atomic E-state index is 0.279. The molecule has 2 aromatic heterocycles. The summed E-state index contributed by atoms with van der Waals surface area (Å²) >= 11 is 7.50. The molecule has 0 aliphatic carbocycles. The zero-order valence-corrected chi connectivity index (χ0v) is 11.9. The highest BCUT2D eigenvalue weighted by Crippen LogP contribution is 2.26. The summed E-state index contributed by atoms with van der Waals surface area (Å²) < 4.78 is 0. The van der Waals surface area contributed by atoms with E-state index in [-0.39, 0.29) is 5.28 Å². The van der Waals surface area contributed by atoms with Gasteiger partial charge in [-0.1, -0.05) is 29.8 Å². The van der Waals surface area contributed by atoms with Crippen molar-refractivity contribution in [3.05, 3.63) is 52.1 Å². The molecule has 0 amide bonds. The Morgan fingerprint density at radius 2 is 2.16 bits per heavy atom. The maximum absolute atomic E-state index is 5.93. The summed E-state index contributed by atoms with van der Waals surface area (Å²) in [6, 6.07) is 10.4. The number of nitrogens with zero attached hydrogens (tertiary/aromatic N) is 2. The summed E-state index contributed by atoms with van der Waals surface area (Å²) in [6.45, 7) is 2.81. The lowest BCUT2D eigenvalue weighted by Crippen LogP contribution is -2.02. The molecule has 19 heavy (non-hydrogen) atoms. The molecule has 0 unspecified atom stereocenters. The van der Waals surface area contributed by atoms with Gasteiger partial charge in [0, 0.05) is 6.54 Å². The van der Waals surface area contributed by atoms with E-state index in [1.807, 2.05) is 11.4 Å². The summed E-state index contributed by atoms with van der Waals surface area (Å²) in [7, 11) is 0. The fourth-order valence-corrected chi connectivity index (χ4v) is 2.96. The summed E-state index contributed by atoms with van der Waals surface area (Å²) in [5, 5.41) is 6.62. The fraction of sp³-hybridized carbons (Fsp3) is 0.143. The number of thiophene rings is 1. The predicted octanol–water partition coefficient (Wildman–Crippen LogP) is 4.27. The van der Waals surface area contributed by atoms with Crippen LogP contribution >= 0.6 is 22.9 Å². The Balaban J connectivity index is 1.87. The molecule has 2 heterocycles. The molecule has 1 aromatic carbocycles. The van der Waals surface area contributed by atoms with Crippen LogP contribution < -0.4 is 5.32 Å². The molecule has 96 valence electrons. The van der Waals surface area contributed by atoms with Crippen molar-refractivity contribution in [1.29, 1.82) is 0 Å². The zero-order chi connectivity index (χ0) is 13.2. The Morgan fingerprint density at radius 1 is 1.26 bits per heavy atom.